The van der Waals surface area contributed by atoms with E-state index in [-0.39, 0.29) is 11.8 Å². The molecule has 0 saturated carbocycles. The molecule has 21 heavy (non-hydrogen) atoms. The van der Waals surface area contributed by atoms with Crippen LogP contribution in [-0.2, 0) is 9.59 Å². The first-order chi connectivity index (χ1) is 10.00. The van der Waals surface area contributed by atoms with Crippen molar-refractivity contribution in [1.29, 1.82) is 0 Å². The van der Waals surface area contributed by atoms with Gasteiger partial charge in [-0.2, -0.15) is 0 Å². The first-order valence-corrected chi connectivity index (χ1v) is 6.99. The zero-order valence-corrected chi connectivity index (χ0v) is 12.6. The van der Waals surface area contributed by atoms with Gasteiger partial charge in [-0.1, -0.05) is 32.6 Å². The van der Waals surface area contributed by atoms with Crippen LogP contribution >= 0.6 is 0 Å². The van der Waals surface area contributed by atoms with Crippen LogP contribution in [0.5, 0.6) is 5.75 Å². The number of carbonyl (C=O) groups excluding carboxylic acids is 2. The van der Waals surface area contributed by atoms with Crippen molar-refractivity contribution in [2.45, 2.75) is 26.7 Å². The lowest BCUT2D eigenvalue weighted by atomic mass is 9.81. The van der Waals surface area contributed by atoms with E-state index in [4.69, 9.17) is 4.74 Å². The third kappa shape index (κ3) is 2.28. The Bertz CT molecular complexity index is 591. The summed E-state index contributed by atoms with van der Waals surface area (Å²) >= 11 is 0. The van der Waals surface area contributed by atoms with Crippen molar-refractivity contribution in [1.82, 2.24) is 10.4 Å². The summed E-state index contributed by atoms with van der Waals surface area (Å²) in [4.78, 5) is 24.8. The highest BCUT2D eigenvalue weighted by molar-refractivity contribution is 6.12. The number of nitrogens with one attached hydrogen (secondary N) is 1. The molecule has 1 heterocycles. The number of carbonyl (C=O) groups is 2. The fraction of sp³-hybridized carbons (Fsp3) is 0.375. The van der Waals surface area contributed by atoms with E-state index >= 15 is 0 Å². The maximum absolute atomic E-state index is 12.6. The van der Waals surface area contributed by atoms with Gasteiger partial charge in [0.2, 0.25) is 0 Å². The van der Waals surface area contributed by atoms with Gasteiger partial charge in [0.25, 0.3) is 11.8 Å². The molecule has 5 nitrogen and oxygen atoms in total. The van der Waals surface area contributed by atoms with Gasteiger partial charge in [-0.3, -0.25) is 15.0 Å². The second kappa shape index (κ2) is 5.60. The Balaban J connectivity index is 2.33. The van der Waals surface area contributed by atoms with Gasteiger partial charge in [-0.15, -0.1) is 0 Å². The van der Waals surface area contributed by atoms with Crippen LogP contribution in [0, 0.1) is 5.41 Å². The van der Waals surface area contributed by atoms with Crippen LogP contribution < -0.4 is 10.2 Å². The fourth-order valence-corrected chi connectivity index (χ4v) is 2.57. The lowest BCUT2D eigenvalue weighted by Crippen LogP contribution is -2.35. The van der Waals surface area contributed by atoms with E-state index < -0.39 is 5.41 Å². The van der Waals surface area contributed by atoms with E-state index in [2.05, 4.69) is 12.0 Å². The summed E-state index contributed by atoms with van der Waals surface area (Å²) in [7, 11) is 1.57. The maximum Gasteiger partial charge on any atom is 0.261 e. The van der Waals surface area contributed by atoms with Gasteiger partial charge in [0, 0.05) is 5.56 Å². The second-order valence-corrected chi connectivity index (χ2v) is 5.05. The number of ether oxygens (including phenoxy) is 1. The summed E-state index contributed by atoms with van der Waals surface area (Å²) in [6.07, 6.45) is 0.937. The van der Waals surface area contributed by atoms with Gasteiger partial charge >= 0.3 is 0 Å². The molecule has 0 atom stereocenters. The number of benzene rings is 1. The lowest BCUT2D eigenvalue weighted by molar-refractivity contribution is -0.138. The topological polar surface area (TPSA) is 58.6 Å². The number of rotatable bonds is 5. The van der Waals surface area contributed by atoms with Gasteiger partial charge in [0.15, 0.2) is 0 Å². The van der Waals surface area contributed by atoms with Crippen LogP contribution in [0.2, 0.25) is 0 Å². The molecule has 1 saturated heterocycles. The van der Waals surface area contributed by atoms with E-state index in [9.17, 15) is 9.59 Å². The molecular formula is C16H20N2O3. The Morgan fingerprint density at radius 2 is 2.00 bits per heavy atom. The monoisotopic (exact) mass is 288 g/mol. The molecule has 0 bridgehead atoms. The smallest absolute Gasteiger partial charge is 0.261 e. The van der Waals surface area contributed by atoms with Crippen LogP contribution in [0.3, 0.4) is 0 Å². The molecule has 1 aromatic rings. The molecule has 0 spiro atoms. The summed E-state index contributed by atoms with van der Waals surface area (Å²) in [6, 6.07) is 7.22. The summed E-state index contributed by atoms with van der Waals surface area (Å²) < 4.78 is 5.17. The minimum absolute atomic E-state index is 0.245. The van der Waals surface area contributed by atoms with E-state index in [1.54, 1.807) is 13.2 Å². The lowest BCUT2D eigenvalue weighted by Gasteiger charge is -2.22. The molecule has 1 aliphatic rings. The van der Waals surface area contributed by atoms with Crippen molar-refractivity contribution in [3.63, 3.8) is 0 Å². The second-order valence-electron chi connectivity index (χ2n) is 5.05. The predicted octanol–water partition coefficient (Wildman–Crippen LogP) is 2.35. The summed E-state index contributed by atoms with van der Waals surface area (Å²) in [6.45, 7) is 7.63. The zero-order chi connectivity index (χ0) is 15.6. The number of methoxy groups -OCH3 is 1. The molecule has 0 aromatic heterocycles. The van der Waals surface area contributed by atoms with Crippen molar-refractivity contribution in [2.24, 2.45) is 5.41 Å². The Kier molecular flexibility index (Phi) is 4.02. The molecule has 0 radical (unpaired) electrons. The Morgan fingerprint density at radius 1 is 1.33 bits per heavy atom. The molecule has 2 rings (SSSR count). The standard InChI is InChI=1S/C16H20N2O3/c1-5-16(6-2)14(19)17-18(15(16)20)11(3)12-8-7-9-13(10-12)21-4/h7-10H,3,5-6H2,1-2,4H3,(H,17,19). The van der Waals surface area contributed by atoms with Crippen molar-refractivity contribution in [3.8, 4) is 5.75 Å². The van der Waals surface area contributed by atoms with Crippen LogP contribution in [0.1, 0.15) is 32.3 Å². The zero-order valence-electron chi connectivity index (χ0n) is 12.6. The molecule has 0 aliphatic carbocycles. The Hall–Kier alpha value is -2.30. The van der Waals surface area contributed by atoms with Crippen LogP contribution in [0.15, 0.2) is 30.8 Å². The van der Waals surface area contributed by atoms with Crippen molar-refractivity contribution >= 4 is 17.5 Å². The predicted molar refractivity (Wildman–Crippen MR) is 80.0 cm³/mol. The van der Waals surface area contributed by atoms with Gasteiger partial charge in [0.1, 0.15) is 11.2 Å². The molecule has 1 aromatic carbocycles. The third-order valence-corrected chi connectivity index (χ3v) is 4.14. The first-order valence-electron chi connectivity index (χ1n) is 6.99. The van der Waals surface area contributed by atoms with Crippen molar-refractivity contribution in [3.05, 3.63) is 36.4 Å². The summed E-state index contributed by atoms with van der Waals surface area (Å²) in [5.74, 6) is 0.163. The maximum atomic E-state index is 12.6. The molecule has 2 amide bonds. The summed E-state index contributed by atoms with van der Waals surface area (Å²) in [5.41, 5.74) is 2.82. The highest BCUT2D eigenvalue weighted by Crippen LogP contribution is 2.36. The SMILES string of the molecule is C=C(c1cccc(OC)c1)N1NC(=O)C(CC)(CC)C1=O. The van der Waals surface area contributed by atoms with Crippen LogP contribution in [0.25, 0.3) is 5.70 Å². The average Bonchev–Trinajstić information content (AvgIpc) is 2.78. The van der Waals surface area contributed by atoms with E-state index in [0.29, 0.717) is 24.3 Å². The fourth-order valence-electron chi connectivity index (χ4n) is 2.57. The molecule has 1 fully saturated rings. The number of hydrogen-bond acceptors (Lipinski definition) is 3. The van der Waals surface area contributed by atoms with Gasteiger partial charge in [0.05, 0.1) is 12.8 Å². The molecule has 5 heteroatoms. The molecule has 1 aliphatic heterocycles. The summed E-state index contributed by atoms with van der Waals surface area (Å²) in [5, 5.41) is 1.25. The Morgan fingerprint density at radius 3 is 2.52 bits per heavy atom. The van der Waals surface area contributed by atoms with Gasteiger partial charge in [-0.25, -0.2) is 5.01 Å². The van der Waals surface area contributed by atoms with Crippen LogP contribution in [-0.4, -0.2) is 23.9 Å². The van der Waals surface area contributed by atoms with E-state index in [1.807, 2.05) is 32.0 Å². The molecule has 0 unspecified atom stereocenters. The number of hydrogen-bond donors (Lipinski definition) is 1. The third-order valence-electron chi connectivity index (χ3n) is 4.14. The van der Waals surface area contributed by atoms with E-state index in [1.165, 1.54) is 5.01 Å². The quantitative estimate of drug-likeness (QED) is 0.846. The number of nitrogens with zero attached hydrogens (tertiary/aromatic N) is 1. The minimum atomic E-state index is -0.984. The van der Waals surface area contributed by atoms with E-state index in [0.717, 1.165) is 5.56 Å². The highest BCUT2D eigenvalue weighted by Gasteiger charge is 2.52. The van der Waals surface area contributed by atoms with Crippen molar-refractivity contribution < 1.29 is 14.3 Å². The molecular weight excluding hydrogens is 268 g/mol. The van der Waals surface area contributed by atoms with Gasteiger partial charge < -0.3 is 4.74 Å². The average molecular weight is 288 g/mol. The van der Waals surface area contributed by atoms with Crippen LogP contribution in [0.4, 0.5) is 0 Å². The normalized spacial score (nSPS) is 16.8. The number of amides is 2. The molecule has 1 N–H and O–H groups in total. The largest absolute Gasteiger partial charge is 0.497 e. The van der Waals surface area contributed by atoms with Gasteiger partial charge in [-0.05, 0) is 25.0 Å². The Labute approximate surface area is 124 Å². The number of hydrazine groups is 1. The van der Waals surface area contributed by atoms with Crippen molar-refractivity contribution in [2.75, 3.05) is 7.11 Å². The molecule has 112 valence electrons. The first kappa shape index (κ1) is 15.1. The highest BCUT2D eigenvalue weighted by atomic mass is 16.5. The minimum Gasteiger partial charge on any atom is -0.497 e.